The summed E-state index contributed by atoms with van der Waals surface area (Å²) in [5, 5.41) is 3.75. The van der Waals surface area contributed by atoms with Gasteiger partial charge in [0.15, 0.2) is 6.54 Å². The van der Waals surface area contributed by atoms with E-state index in [0.717, 1.165) is 30.8 Å². The highest BCUT2D eigenvalue weighted by molar-refractivity contribution is 6.35. The van der Waals surface area contributed by atoms with Gasteiger partial charge in [-0.05, 0) is 18.2 Å². The predicted molar refractivity (Wildman–Crippen MR) is 85.4 cm³/mol. The van der Waals surface area contributed by atoms with Crippen LogP contribution in [0.25, 0.3) is 0 Å². The minimum Gasteiger partial charge on any atom is -0.469 e. The van der Waals surface area contributed by atoms with E-state index in [1.807, 2.05) is 0 Å². The van der Waals surface area contributed by atoms with Crippen molar-refractivity contribution in [3.8, 4) is 0 Å². The molecule has 0 atom stereocenters. The Labute approximate surface area is 139 Å². The van der Waals surface area contributed by atoms with E-state index in [4.69, 9.17) is 27.9 Å². The molecule has 2 N–H and O–H groups in total. The number of piperidine rings is 1. The van der Waals surface area contributed by atoms with Crippen molar-refractivity contribution in [1.82, 2.24) is 0 Å². The lowest BCUT2D eigenvalue weighted by Crippen LogP contribution is -3.14. The molecule has 120 valence electrons. The zero-order chi connectivity index (χ0) is 16.1. The van der Waals surface area contributed by atoms with E-state index in [-0.39, 0.29) is 17.8 Å². The molecule has 0 aromatic heterocycles. The maximum atomic E-state index is 12.1. The number of quaternary nitrogens is 1. The quantitative estimate of drug-likeness (QED) is 0.811. The molecule has 1 fully saturated rings. The number of amides is 1. The van der Waals surface area contributed by atoms with E-state index in [9.17, 15) is 9.59 Å². The molecule has 22 heavy (non-hydrogen) atoms. The van der Waals surface area contributed by atoms with Crippen molar-refractivity contribution < 1.29 is 19.2 Å². The van der Waals surface area contributed by atoms with Crippen LogP contribution in [0, 0.1) is 5.92 Å². The maximum absolute atomic E-state index is 12.1. The number of benzene rings is 1. The summed E-state index contributed by atoms with van der Waals surface area (Å²) in [6.07, 6.45) is 1.49. The fraction of sp³-hybridized carbons (Fsp3) is 0.467. The van der Waals surface area contributed by atoms with E-state index in [0.29, 0.717) is 22.3 Å². The summed E-state index contributed by atoms with van der Waals surface area (Å²) >= 11 is 11.9. The first-order valence-corrected chi connectivity index (χ1v) is 7.91. The Balaban J connectivity index is 1.83. The molecule has 1 saturated heterocycles. The predicted octanol–water partition coefficient (Wildman–Crippen LogP) is 1.40. The third-order valence-electron chi connectivity index (χ3n) is 3.84. The van der Waals surface area contributed by atoms with Gasteiger partial charge in [0.05, 0.1) is 36.8 Å². The van der Waals surface area contributed by atoms with Crippen molar-refractivity contribution in [2.45, 2.75) is 12.8 Å². The summed E-state index contributed by atoms with van der Waals surface area (Å²) in [6, 6.07) is 4.94. The van der Waals surface area contributed by atoms with E-state index in [1.54, 1.807) is 18.2 Å². The van der Waals surface area contributed by atoms with Crippen molar-refractivity contribution >= 4 is 40.8 Å². The SMILES string of the molecule is COC(=O)C1CC[NH+](CC(=O)Nc2cc(Cl)ccc2Cl)CC1. The van der Waals surface area contributed by atoms with Crippen LogP contribution in [0.3, 0.4) is 0 Å². The number of ether oxygens (including phenoxy) is 1. The number of methoxy groups -OCH3 is 1. The van der Waals surface area contributed by atoms with Gasteiger partial charge in [-0.25, -0.2) is 0 Å². The molecule has 1 amide bonds. The Morgan fingerprint density at radius 1 is 1.32 bits per heavy atom. The molecule has 1 aromatic carbocycles. The molecule has 1 aliphatic rings. The van der Waals surface area contributed by atoms with Gasteiger partial charge >= 0.3 is 5.97 Å². The molecule has 7 heteroatoms. The molecule has 1 aliphatic heterocycles. The van der Waals surface area contributed by atoms with Crippen LogP contribution in [0.5, 0.6) is 0 Å². The van der Waals surface area contributed by atoms with Crippen LogP contribution in [0.2, 0.25) is 10.0 Å². The zero-order valence-corrected chi connectivity index (χ0v) is 13.8. The van der Waals surface area contributed by atoms with Crippen LogP contribution >= 0.6 is 23.2 Å². The average Bonchev–Trinajstić information content (AvgIpc) is 2.51. The average molecular weight is 346 g/mol. The zero-order valence-electron chi connectivity index (χ0n) is 12.3. The van der Waals surface area contributed by atoms with E-state index < -0.39 is 0 Å². The fourth-order valence-electron chi connectivity index (χ4n) is 2.62. The Bertz CT molecular complexity index is 558. The number of carbonyl (C=O) groups is 2. The second kappa shape index (κ2) is 7.81. The molecule has 1 heterocycles. The van der Waals surface area contributed by atoms with E-state index in [1.165, 1.54) is 7.11 Å². The number of anilines is 1. The highest BCUT2D eigenvalue weighted by Crippen LogP contribution is 2.25. The first kappa shape index (κ1) is 17.1. The van der Waals surface area contributed by atoms with E-state index >= 15 is 0 Å². The lowest BCUT2D eigenvalue weighted by molar-refractivity contribution is -0.897. The number of halogens is 2. The molecule has 0 spiro atoms. The van der Waals surface area contributed by atoms with Gasteiger partial charge in [-0.15, -0.1) is 0 Å². The normalized spacial score (nSPS) is 21.2. The van der Waals surface area contributed by atoms with Gasteiger partial charge in [-0.1, -0.05) is 23.2 Å². The highest BCUT2D eigenvalue weighted by atomic mass is 35.5. The van der Waals surface area contributed by atoms with Gasteiger partial charge in [-0.2, -0.15) is 0 Å². The number of hydrogen-bond acceptors (Lipinski definition) is 3. The lowest BCUT2D eigenvalue weighted by Gasteiger charge is -2.27. The first-order valence-electron chi connectivity index (χ1n) is 7.16. The van der Waals surface area contributed by atoms with Gasteiger partial charge < -0.3 is 15.0 Å². The number of esters is 1. The molecule has 2 rings (SSSR count). The Kier molecular flexibility index (Phi) is 6.06. The summed E-state index contributed by atoms with van der Waals surface area (Å²) in [5.41, 5.74) is 0.517. The van der Waals surface area contributed by atoms with Gasteiger partial charge in [0.2, 0.25) is 0 Å². The number of likely N-dealkylation sites (tertiary alicyclic amines) is 1. The van der Waals surface area contributed by atoms with Crippen LogP contribution < -0.4 is 10.2 Å². The summed E-state index contributed by atoms with van der Waals surface area (Å²) in [5.74, 6) is -0.316. The van der Waals surface area contributed by atoms with Crippen LogP contribution in [0.15, 0.2) is 18.2 Å². The molecule has 0 bridgehead atoms. The van der Waals surface area contributed by atoms with Crippen LogP contribution in [-0.4, -0.2) is 38.6 Å². The minimum absolute atomic E-state index is 0.0424. The molecule has 0 unspecified atom stereocenters. The van der Waals surface area contributed by atoms with Gasteiger partial charge in [0, 0.05) is 17.9 Å². The van der Waals surface area contributed by atoms with Crippen LogP contribution in [0.1, 0.15) is 12.8 Å². The molecule has 1 aromatic rings. The topological polar surface area (TPSA) is 59.8 Å². The second-order valence-corrected chi connectivity index (χ2v) is 6.24. The Morgan fingerprint density at radius 2 is 2.00 bits per heavy atom. The van der Waals surface area contributed by atoms with Crippen molar-refractivity contribution in [3.05, 3.63) is 28.2 Å². The van der Waals surface area contributed by atoms with Crippen LogP contribution in [0.4, 0.5) is 5.69 Å². The second-order valence-electron chi connectivity index (χ2n) is 5.40. The van der Waals surface area contributed by atoms with Crippen molar-refractivity contribution in [1.29, 1.82) is 0 Å². The molecule has 0 aliphatic carbocycles. The van der Waals surface area contributed by atoms with Crippen molar-refractivity contribution in [2.24, 2.45) is 5.92 Å². The molecular formula is C15H19Cl2N2O3+. The Hall–Kier alpha value is -1.30. The van der Waals surface area contributed by atoms with Crippen molar-refractivity contribution in [2.75, 3.05) is 32.1 Å². The number of hydrogen-bond donors (Lipinski definition) is 2. The van der Waals surface area contributed by atoms with Gasteiger partial charge in [0.1, 0.15) is 0 Å². The standard InChI is InChI=1S/C15H18Cl2N2O3/c1-22-15(21)10-4-6-19(7-5-10)9-14(20)18-13-8-11(16)2-3-12(13)17/h2-3,8,10H,4-7,9H2,1H3,(H,18,20)/p+1. The highest BCUT2D eigenvalue weighted by Gasteiger charge is 2.29. The minimum atomic E-state index is -0.158. The summed E-state index contributed by atoms with van der Waals surface area (Å²) < 4.78 is 4.75. The smallest absolute Gasteiger partial charge is 0.309 e. The third-order valence-corrected chi connectivity index (χ3v) is 4.40. The summed E-state index contributed by atoms with van der Waals surface area (Å²) in [4.78, 5) is 24.7. The first-order chi connectivity index (χ1) is 10.5. The van der Waals surface area contributed by atoms with Gasteiger partial charge in [0.25, 0.3) is 5.91 Å². The van der Waals surface area contributed by atoms with E-state index in [2.05, 4.69) is 5.32 Å². The van der Waals surface area contributed by atoms with Crippen molar-refractivity contribution in [3.63, 3.8) is 0 Å². The van der Waals surface area contributed by atoms with Gasteiger partial charge in [-0.3, -0.25) is 9.59 Å². The number of nitrogens with one attached hydrogen (secondary N) is 2. The molecule has 0 saturated carbocycles. The summed E-state index contributed by atoms with van der Waals surface area (Å²) in [7, 11) is 1.41. The third kappa shape index (κ3) is 4.60. The van der Waals surface area contributed by atoms with Crippen LogP contribution in [-0.2, 0) is 14.3 Å². The largest absolute Gasteiger partial charge is 0.469 e. The fourth-order valence-corrected chi connectivity index (χ4v) is 2.96. The monoisotopic (exact) mass is 345 g/mol. The summed E-state index contributed by atoms with van der Waals surface area (Å²) in [6.45, 7) is 1.89. The molecular weight excluding hydrogens is 327 g/mol. The molecule has 5 nitrogen and oxygen atoms in total. The lowest BCUT2D eigenvalue weighted by atomic mass is 9.97. The number of rotatable bonds is 4. The Morgan fingerprint density at radius 3 is 2.64 bits per heavy atom. The number of carbonyl (C=O) groups excluding carboxylic acids is 2. The maximum Gasteiger partial charge on any atom is 0.309 e. The molecule has 0 radical (unpaired) electrons.